The molecule has 3 aliphatic rings. The number of aliphatic hydroxyl groups is 1. The number of nitrogens with zero attached hydrogens (tertiary/aromatic N) is 1. The van der Waals surface area contributed by atoms with Crippen LogP contribution >= 0.6 is 0 Å². The highest BCUT2D eigenvalue weighted by molar-refractivity contribution is 6.00. The van der Waals surface area contributed by atoms with Crippen LogP contribution in [-0.4, -0.2) is 58.7 Å². The number of ether oxygens (including phenoxy) is 2. The van der Waals surface area contributed by atoms with Gasteiger partial charge in [0.2, 0.25) is 5.91 Å². The Morgan fingerprint density at radius 1 is 1.24 bits per heavy atom. The highest BCUT2D eigenvalue weighted by atomic mass is 16.5. The summed E-state index contributed by atoms with van der Waals surface area (Å²) in [6, 6.07) is 11.7. The van der Waals surface area contributed by atoms with E-state index >= 15 is 0 Å². The van der Waals surface area contributed by atoms with Gasteiger partial charge < -0.3 is 25.2 Å². The predicted molar refractivity (Wildman–Crippen MR) is 142 cm³/mol. The van der Waals surface area contributed by atoms with E-state index in [-0.39, 0.29) is 30.8 Å². The van der Waals surface area contributed by atoms with Gasteiger partial charge in [-0.3, -0.25) is 19.9 Å². The third-order valence-corrected chi connectivity index (χ3v) is 8.40. The quantitative estimate of drug-likeness (QED) is 0.445. The maximum absolute atomic E-state index is 13.6. The summed E-state index contributed by atoms with van der Waals surface area (Å²) in [7, 11) is 1.57. The molecular weight excluding hydrogens is 484 g/mol. The van der Waals surface area contributed by atoms with Crippen molar-refractivity contribution in [1.82, 2.24) is 15.5 Å². The van der Waals surface area contributed by atoms with Gasteiger partial charge in [-0.1, -0.05) is 38.1 Å². The summed E-state index contributed by atoms with van der Waals surface area (Å²) in [5.41, 5.74) is 1.55. The Hall–Kier alpha value is -3.43. The molecule has 2 aromatic rings. The Morgan fingerprint density at radius 2 is 1.97 bits per heavy atom. The van der Waals surface area contributed by atoms with E-state index in [4.69, 9.17) is 14.9 Å². The molecule has 0 saturated carbocycles. The molecule has 1 aliphatic carbocycles. The van der Waals surface area contributed by atoms with Crippen LogP contribution in [0.4, 0.5) is 0 Å². The second kappa shape index (κ2) is 9.71. The van der Waals surface area contributed by atoms with Crippen molar-refractivity contribution in [3.05, 3.63) is 64.7 Å². The number of nitrogens with one attached hydrogen (secondary N) is 3. The topological polar surface area (TPSA) is 124 Å². The molecule has 5 rings (SSSR count). The third kappa shape index (κ3) is 4.23. The molecule has 38 heavy (non-hydrogen) atoms. The normalized spacial score (nSPS) is 27.4. The monoisotopic (exact) mass is 520 g/mol. The molecule has 0 aromatic heterocycles. The number of fused-ring (bicyclic) bond motifs is 2. The van der Waals surface area contributed by atoms with Gasteiger partial charge in [0.15, 0.2) is 11.6 Å². The van der Waals surface area contributed by atoms with E-state index in [0.717, 1.165) is 24.0 Å². The minimum Gasteiger partial charge on any atom is -0.482 e. The number of hydrogen-bond acceptors (Lipinski definition) is 6. The third-order valence-electron chi connectivity index (χ3n) is 8.40. The molecule has 1 saturated heterocycles. The lowest BCUT2D eigenvalue weighted by Gasteiger charge is -2.46. The maximum atomic E-state index is 13.6. The predicted octanol–water partition coefficient (Wildman–Crippen LogP) is 3.23. The molecule has 9 heteroatoms. The standard InChI is InChI=1S/C29H36N4O5/c1-5-29(6-2)15-23(35)33(27(30)32-29)25-20-13-18(11-12-22(20)38-28(25,3)16-37-4)26(36)31-24-19-10-8-7-9-17(19)14-21(24)34/h7-13,21,24-25,34H,5-6,14-16H2,1-4H3,(H2,30,32)(H,31,36)/t21-,24-,25+,28-/m1/s1. The number of carbonyl (C=O) groups is 2. The van der Waals surface area contributed by atoms with Crippen molar-refractivity contribution in [2.24, 2.45) is 0 Å². The Kier molecular flexibility index (Phi) is 6.69. The number of aliphatic hydroxyl groups excluding tert-OH is 1. The fraction of sp³-hybridized carbons (Fsp3) is 0.483. The first-order chi connectivity index (χ1) is 18.1. The molecule has 2 heterocycles. The summed E-state index contributed by atoms with van der Waals surface area (Å²) in [5, 5.41) is 25.7. The van der Waals surface area contributed by atoms with Crippen LogP contribution in [0.25, 0.3) is 0 Å². The van der Waals surface area contributed by atoms with Crippen molar-refractivity contribution >= 4 is 17.8 Å². The molecule has 9 nitrogen and oxygen atoms in total. The molecular formula is C29H36N4O5. The largest absolute Gasteiger partial charge is 0.482 e. The molecule has 2 aliphatic heterocycles. The Balaban J connectivity index is 1.47. The molecule has 0 bridgehead atoms. The van der Waals surface area contributed by atoms with Crippen LogP contribution in [0.3, 0.4) is 0 Å². The molecule has 4 N–H and O–H groups in total. The highest BCUT2D eigenvalue weighted by Gasteiger charge is 2.53. The Morgan fingerprint density at radius 3 is 2.66 bits per heavy atom. The summed E-state index contributed by atoms with van der Waals surface area (Å²) < 4.78 is 11.8. The highest BCUT2D eigenvalue weighted by Crippen LogP contribution is 2.48. The lowest BCUT2D eigenvalue weighted by molar-refractivity contribution is -0.137. The second-order valence-corrected chi connectivity index (χ2v) is 10.8. The summed E-state index contributed by atoms with van der Waals surface area (Å²) in [4.78, 5) is 28.4. The van der Waals surface area contributed by atoms with Gasteiger partial charge >= 0.3 is 0 Å². The number of methoxy groups -OCH3 is 1. The lowest BCUT2D eigenvalue weighted by Crippen LogP contribution is -2.65. The number of benzene rings is 2. The van der Waals surface area contributed by atoms with Gasteiger partial charge in [0.05, 0.1) is 25.2 Å². The minimum atomic E-state index is -0.963. The van der Waals surface area contributed by atoms with Crippen molar-refractivity contribution in [3.8, 4) is 5.75 Å². The van der Waals surface area contributed by atoms with E-state index in [2.05, 4.69) is 10.6 Å². The van der Waals surface area contributed by atoms with Gasteiger partial charge in [-0.25, -0.2) is 0 Å². The zero-order valence-electron chi connectivity index (χ0n) is 22.3. The number of amides is 2. The van der Waals surface area contributed by atoms with E-state index in [1.807, 2.05) is 45.0 Å². The zero-order valence-corrected chi connectivity index (χ0v) is 22.3. The Labute approximate surface area is 223 Å². The van der Waals surface area contributed by atoms with E-state index in [9.17, 15) is 14.7 Å². The minimum absolute atomic E-state index is 0.0225. The van der Waals surface area contributed by atoms with Crippen molar-refractivity contribution in [2.75, 3.05) is 13.7 Å². The molecule has 2 aromatic carbocycles. The van der Waals surface area contributed by atoms with Crippen molar-refractivity contribution < 1.29 is 24.2 Å². The van der Waals surface area contributed by atoms with Crippen LogP contribution in [0.1, 0.15) is 79.2 Å². The fourth-order valence-electron chi connectivity index (χ4n) is 6.22. The van der Waals surface area contributed by atoms with Crippen LogP contribution in [0, 0.1) is 5.41 Å². The van der Waals surface area contributed by atoms with Crippen LogP contribution in [0.2, 0.25) is 0 Å². The first kappa shape index (κ1) is 26.2. The summed E-state index contributed by atoms with van der Waals surface area (Å²) in [5.74, 6) is 0.0682. The van der Waals surface area contributed by atoms with Crippen molar-refractivity contribution in [1.29, 1.82) is 5.41 Å². The smallest absolute Gasteiger partial charge is 0.251 e. The fourth-order valence-corrected chi connectivity index (χ4v) is 6.22. The van der Waals surface area contributed by atoms with Crippen molar-refractivity contribution in [2.45, 2.75) is 75.8 Å². The van der Waals surface area contributed by atoms with Gasteiger partial charge in [0.25, 0.3) is 5.91 Å². The molecule has 1 fully saturated rings. The van der Waals surface area contributed by atoms with Crippen LogP contribution < -0.4 is 15.4 Å². The Bertz CT molecular complexity index is 1260. The average molecular weight is 521 g/mol. The number of carbonyl (C=O) groups excluding carboxylic acids is 2. The first-order valence-electron chi connectivity index (χ1n) is 13.2. The zero-order chi connectivity index (χ0) is 27.2. The summed E-state index contributed by atoms with van der Waals surface area (Å²) in [6.07, 6.45) is 1.48. The SMILES string of the molecule is CCC1(CC)CC(=O)N([C@H]2c3cc(C(=O)N[C@@H]4c5ccccc5C[C@H]4O)ccc3O[C@]2(C)COC)C(=N)N1. The molecule has 4 atom stereocenters. The van der Waals surface area contributed by atoms with E-state index in [1.165, 1.54) is 4.90 Å². The maximum Gasteiger partial charge on any atom is 0.251 e. The first-order valence-corrected chi connectivity index (χ1v) is 13.2. The summed E-state index contributed by atoms with van der Waals surface area (Å²) in [6.45, 7) is 6.07. The average Bonchev–Trinajstić information content (AvgIpc) is 3.36. The van der Waals surface area contributed by atoms with Crippen LogP contribution in [-0.2, 0) is 16.0 Å². The molecule has 0 unspecified atom stereocenters. The van der Waals surface area contributed by atoms with E-state index in [0.29, 0.717) is 23.3 Å². The van der Waals surface area contributed by atoms with E-state index < -0.39 is 29.3 Å². The van der Waals surface area contributed by atoms with Gasteiger partial charge in [-0.2, -0.15) is 0 Å². The van der Waals surface area contributed by atoms with Gasteiger partial charge in [0.1, 0.15) is 11.8 Å². The van der Waals surface area contributed by atoms with Crippen LogP contribution in [0.15, 0.2) is 42.5 Å². The van der Waals surface area contributed by atoms with Gasteiger partial charge in [-0.15, -0.1) is 0 Å². The van der Waals surface area contributed by atoms with Crippen molar-refractivity contribution in [3.63, 3.8) is 0 Å². The number of hydrogen-bond donors (Lipinski definition) is 4. The lowest BCUT2D eigenvalue weighted by atomic mass is 9.84. The molecule has 202 valence electrons. The van der Waals surface area contributed by atoms with Crippen LogP contribution in [0.5, 0.6) is 5.75 Å². The molecule has 0 spiro atoms. The van der Waals surface area contributed by atoms with Gasteiger partial charge in [-0.05, 0) is 49.1 Å². The number of rotatable bonds is 7. The van der Waals surface area contributed by atoms with E-state index in [1.54, 1.807) is 25.3 Å². The summed E-state index contributed by atoms with van der Waals surface area (Å²) >= 11 is 0. The molecule has 0 radical (unpaired) electrons. The second-order valence-electron chi connectivity index (χ2n) is 10.8. The number of guanidine groups is 1. The van der Waals surface area contributed by atoms with Gasteiger partial charge in [0, 0.05) is 30.2 Å². The molecule has 2 amide bonds.